The number of nitrogens with one attached hydrogen (secondary N) is 1. The minimum Gasteiger partial charge on any atom is -0.329 e. The lowest BCUT2D eigenvalue weighted by molar-refractivity contribution is 0.385. The van der Waals surface area contributed by atoms with Crippen LogP contribution in [0.1, 0.15) is 17.2 Å². The molecule has 0 heterocycles. The Morgan fingerprint density at radius 3 is 2.38 bits per heavy atom. The van der Waals surface area contributed by atoms with Gasteiger partial charge in [-0.25, -0.2) is 0 Å². The smallest absolute Gasteiger partial charge is 0.0444 e. The van der Waals surface area contributed by atoms with Crippen molar-refractivity contribution in [2.75, 3.05) is 33.7 Å². The first-order valence-corrected chi connectivity index (χ1v) is 5.78. The molecule has 0 fully saturated rings. The highest BCUT2D eigenvalue weighted by Crippen LogP contribution is 2.12. The summed E-state index contributed by atoms with van der Waals surface area (Å²) in [7, 11) is 4.15. The van der Waals surface area contributed by atoms with Crippen molar-refractivity contribution in [3.05, 3.63) is 35.4 Å². The molecule has 1 unspecified atom stereocenters. The van der Waals surface area contributed by atoms with Crippen molar-refractivity contribution in [2.24, 2.45) is 5.73 Å². The minimum atomic E-state index is 0.264. The van der Waals surface area contributed by atoms with E-state index in [0.29, 0.717) is 6.54 Å². The first-order chi connectivity index (χ1) is 7.63. The van der Waals surface area contributed by atoms with Gasteiger partial charge < -0.3 is 16.0 Å². The molecule has 0 amide bonds. The molecule has 1 atom stereocenters. The van der Waals surface area contributed by atoms with Crippen molar-refractivity contribution in [1.82, 2.24) is 10.2 Å². The molecule has 0 aliphatic carbocycles. The van der Waals surface area contributed by atoms with Gasteiger partial charge in [0.05, 0.1) is 0 Å². The van der Waals surface area contributed by atoms with Crippen LogP contribution in [0.15, 0.2) is 24.3 Å². The fraction of sp³-hybridized carbons (Fsp3) is 0.538. The molecule has 16 heavy (non-hydrogen) atoms. The third-order valence-electron chi connectivity index (χ3n) is 2.67. The van der Waals surface area contributed by atoms with Crippen LogP contribution in [0, 0.1) is 6.92 Å². The second-order valence-electron chi connectivity index (χ2n) is 4.46. The van der Waals surface area contributed by atoms with Gasteiger partial charge in [-0.3, -0.25) is 0 Å². The molecule has 0 saturated heterocycles. The summed E-state index contributed by atoms with van der Waals surface area (Å²) in [6, 6.07) is 8.82. The molecule has 3 nitrogen and oxygen atoms in total. The van der Waals surface area contributed by atoms with E-state index in [9.17, 15) is 0 Å². The van der Waals surface area contributed by atoms with Gasteiger partial charge in [0.1, 0.15) is 0 Å². The van der Waals surface area contributed by atoms with Crippen molar-refractivity contribution in [1.29, 1.82) is 0 Å². The van der Waals surface area contributed by atoms with E-state index in [2.05, 4.69) is 55.5 Å². The Kier molecular flexibility index (Phi) is 5.46. The largest absolute Gasteiger partial charge is 0.329 e. The van der Waals surface area contributed by atoms with Crippen LogP contribution in [-0.2, 0) is 0 Å². The number of hydrogen-bond acceptors (Lipinski definition) is 3. The molecule has 0 bridgehead atoms. The van der Waals surface area contributed by atoms with Crippen LogP contribution in [0.2, 0.25) is 0 Å². The first-order valence-electron chi connectivity index (χ1n) is 5.78. The van der Waals surface area contributed by atoms with Gasteiger partial charge in [0.25, 0.3) is 0 Å². The zero-order valence-corrected chi connectivity index (χ0v) is 10.5. The number of likely N-dealkylation sites (N-methyl/N-ethyl adjacent to an activating group) is 1. The topological polar surface area (TPSA) is 41.3 Å². The van der Waals surface area contributed by atoms with Crippen molar-refractivity contribution >= 4 is 0 Å². The quantitative estimate of drug-likeness (QED) is 0.757. The second kappa shape index (κ2) is 6.63. The highest BCUT2D eigenvalue weighted by Gasteiger charge is 2.07. The molecular formula is C13H23N3. The summed E-state index contributed by atoms with van der Waals surface area (Å²) >= 11 is 0. The molecule has 0 spiro atoms. The van der Waals surface area contributed by atoms with Crippen LogP contribution < -0.4 is 11.1 Å². The van der Waals surface area contributed by atoms with Gasteiger partial charge in [-0.05, 0) is 26.6 Å². The summed E-state index contributed by atoms with van der Waals surface area (Å²) in [5.74, 6) is 0. The monoisotopic (exact) mass is 221 g/mol. The Balaban J connectivity index is 2.50. The Bertz CT molecular complexity index is 293. The fourth-order valence-electron chi connectivity index (χ4n) is 1.60. The molecule has 0 aromatic heterocycles. The number of aryl methyl sites for hydroxylation is 1. The molecule has 0 aliphatic heterocycles. The van der Waals surface area contributed by atoms with Gasteiger partial charge in [0.15, 0.2) is 0 Å². The SMILES string of the molecule is Cc1ccc(C(CN)NCCN(C)C)cc1. The first kappa shape index (κ1) is 13.2. The van der Waals surface area contributed by atoms with E-state index in [-0.39, 0.29) is 6.04 Å². The van der Waals surface area contributed by atoms with Gasteiger partial charge in [-0.15, -0.1) is 0 Å². The van der Waals surface area contributed by atoms with Crippen molar-refractivity contribution in [2.45, 2.75) is 13.0 Å². The maximum atomic E-state index is 5.78. The zero-order chi connectivity index (χ0) is 12.0. The van der Waals surface area contributed by atoms with E-state index in [1.54, 1.807) is 0 Å². The Morgan fingerprint density at radius 2 is 1.88 bits per heavy atom. The van der Waals surface area contributed by atoms with E-state index in [4.69, 9.17) is 5.73 Å². The standard InChI is InChI=1S/C13H23N3/c1-11-4-6-12(7-5-11)13(10-14)15-8-9-16(2)3/h4-7,13,15H,8-10,14H2,1-3H3. The fourth-order valence-corrected chi connectivity index (χ4v) is 1.60. The lowest BCUT2D eigenvalue weighted by Crippen LogP contribution is -2.33. The summed E-state index contributed by atoms with van der Waals surface area (Å²) < 4.78 is 0. The molecule has 3 N–H and O–H groups in total. The molecule has 1 rings (SSSR count). The normalized spacial score (nSPS) is 13.1. The molecule has 1 aromatic rings. The molecule has 0 saturated carbocycles. The van der Waals surface area contributed by atoms with Crippen molar-refractivity contribution in [3.63, 3.8) is 0 Å². The average molecular weight is 221 g/mol. The zero-order valence-electron chi connectivity index (χ0n) is 10.5. The maximum Gasteiger partial charge on any atom is 0.0444 e. The van der Waals surface area contributed by atoms with Crippen molar-refractivity contribution in [3.8, 4) is 0 Å². The average Bonchev–Trinajstić information content (AvgIpc) is 2.26. The van der Waals surface area contributed by atoms with Crippen LogP contribution in [0.25, 0.3) is 0 Å². The highest BCUT2D eigenvalue weighted by molar-refractivity contribution is 5.24. The lowest BCUT2D eigenvalue weighted by atomic mass is 10.1. The van der Waals surface area contributed by atoms with Gasteiger partial charge in [0.2, 0.25) is 0 Å². The summed E-state index contributed by atoms with van der Waals surface area (Å²) in [4.78, 5) is 2.16. The molecule has 1 aromatic carbocycles. The van der Waals surface area contributed by atoms with Gasteiger partial charge >= 0.3 is 0 Å². The Labute approximate surface area is 98.6 Å². The molecule has 3 heteroatoms. The second-order valence-corrected chi connectivity index (χ2v) is 4.46. The highest BCUT2D eigenvalue weighted by atomic mass is 15.1. The number of hydrogen-bond donors (Lipinski definition) is 2. The predicted octanol–water partition coefficient (Wildman–Crippen LogP) is 1.15. The number of nitrogens with zero attached hydrogens (tertiary/aromatic N) is 1. The summed E-state index contributed by atoms with van der Waals surface area (Å²) in [6.07, 6.45) is 0. The van der Waals surface area contributed by atoms with Gasteiger partial charge in [-0.1, -0.05) is 29.8 Å². The molecule has 90 valence electrons. The van der Waals surface area contributed by atoms with Crippen LogP contribution in [-0.4, -0.2) is 38.6 Å². The number of rotatable bonds is 6. The van der Waals surface area contributed by atoms with E-state index < -0.39 is 0 Å². The van der Waals surface area contributed by atoms with Crippen molar-refractivity contribution < 1.29 is 0 Å². The maximum absolute atomic E-state index is 5.78. The molecule has 0 radical (unpaired) electrons. The predicted molar refractivity (Wildman–Crippen MR) is 69.5 cm³/mol. The van der Waals surface area contributed by atoms with E-state index >= 15 is 0 Å². The van der Waals surface area contributed by atoms with Crippen LogP contribution in [0.5, 0.6) is 0 Å². The summed E-state index contributed by atoms with van der Waals surface area (Å²) in [6.45, 7) is 4.72. The third-order valence-corrected chi connectivity index (χ3v) is 2.67. The third kappa shape index (κ3) is 4.31. The van der Waals surface area contributed by atoms with Gasteiger partial charge in [-0.2, -0.15) is 0 Å². The number of nitrogens with two attached hydrogens (primary N) is 1. The molecule has 0 aliphatic rings. The van der Waals surface area contributed by atoms with Crippen LogP contribution in [0.3, 0.4) is 0 Å². The number of benzene rings is 1. The van der Waals surface area contributed by atoms with Crippen LogP contribution in [0.4, 0.5) is 0 Å². The lowest BCUT2D eigenvalue weighted by Gasteiger charge is -2.19. The van der Waals surface area contributed by atoms with E-state index in [1.165, 1.54) is 11.1 Å². The van der Waals surface area contributed by atoms with E-state index in [0.717, 1.165) is 13.1 Å². The Morgan fingerprint density at radius 1 is 1.25 bits per heavy atom. The summed E-state index contributed by atoms with van der Waals surface area (Å²) in [5, 5.41) is 3.47. The summed E-state index contributed by atoms with van der Waals surface area (Å²) in [5.41, 5.74) is 8.34. The van der Waals surface area contributed by atoms with E-state index in [1.807, 2.05) is 0 Å². The molecular weight excluding hydrogens is 198 g/mol. The van der Waals surface area contributed by atoms with Crippen LogP contribution >= 0.6 is 0 Å². The van der Waals surface area contributed by atoms with Gasteiger partial charge in [0, 0.05) is 25.7 Å². The Hall–Kier alpha value is -0.900. The minimum absolute atomic E-state index is 0.264.